The molecule has 1 saturated carbocycles. The number of furan rings is 1. The molecule has 4 aromatic rings. The molecule has 5 rings (SSSR count). The number of aromatic nitrogens is 4. The zero-order valence-corrected chi connectivity index (χ0v) is 18.0. The van der Waals surface area contributed by atoms with Gasteiger partial charge in [-0.1, -0.05) is 19.3 Å². The van der Waals surface area contributed by atoms with Crippen LogP contribution in [0.2, 0.25) is 0 Å². The summed E-state index contributed by atoms with van der Waals surface area (Å²) in [5.41, 5.74) is 10.8. The molecule has 0 spiro atoms. The molecule has 0 unspecified atom stereocenters. The normalized spacial score (nSPS) is 14.5. The molecule has 4 aromatic heterocycles. The van der Waals surface area contributed by atoms with Crippen LogP contribution in [0.25, 0.3) is 27.9 Å². The lowest BCUT2D eigenvalue weighted by molar-refractivity contribution is -0.191. The quantitative estimate of drug-likeness (QED) is 0.453. The molecule has 1 fully saturated rings. The zero-order valence-electron chi connectivity index (χ0n) is 16.4. The van der Waals surface area contributed by atoms with E-state index in [2.05, 4.69) is 32.1 Å². The Morgan fingerprint density at radius 3 is 2.67 bits per heavy atom. The smallest absolute Gasteiger partial charge is 0.373 e. The van der Waals surface area contributed by atoms with Gasteiger partial charge in [0.1, 0.15) is 11.6 Å². The van der Waals surface area contributed by atoms with Crippen LogP contribution in [-0.4, -0.2) is 25.7 Å². The number of pyridine rings is 1. The summed E-state index contributed by atoms with van der Waals surface area (Å²) >= 11 is 3.66. The number of hydrogen-bond donors (Lipinski definition) is 1. The molecule has 9 heteroatoms. The van der Waals surface area contributed by atoms with E-state index in [0.717, 1.165) is 50.9 Å². The first-order valence-electron chi connectivity index (χ1n) is 9.72. The Balaban J connectivity index is 0.000000687. The molecule has 2 N–H and O–H groups in total. The SMILES string of the molecule is Cc1cc2cc(-c3cnn4c(N)c(Br)c(C5CCCCC5)nc34)cnc2o1.O=C=O. The van der Waals surface area contributed by atoms with Gasteiger partial charge in [-0.25, -0.2) is 9.97 Å². The summed E-state index contributed by atoms with van der Waals surface area (Å²) < 4.78 is 8.16. The van der Waals surface area contributed by atoms with E-state index in [1.165, 1.54) is 19.3 Å². The minimum Gasteiger partial charge on any atom is -0.443 e. The van der Waals surface area contributed by atoms with Crippen molar-refractivity contribution in [3.63, 3.8) is 0 Å². The minimum atomic E-state index is 0.250. The van der Waals surface area contributed by atoms with Crippen molar-refractivity contribution in [2.45, 2.75) is 44.9 Å². The third kappa shape index (κ3) is 3.62. The van der Waals surface area contributed by atoms with Crippen LogP contribution in [0.15, 0.2) is 33.4 Å². The van der Waals surface area contributed by atoms with E-state index in [0.29, 0.717) is 17.4 Å². The number of nitrogen functional groups attached to an aromatic ring is 1. The van der Waals surface area contributed by atoms with Crippen LogP contribution < -0.4 is 5.73 Å². The number of fused-ring (bicyclic) bond motifs is 2. The van der Waals surface area contributed by atoms with Gasteiger partial charge in [-0.2, -0.15) is 19.2 Å². The fourth-order valence-corrected chi connectivity index (χ4v) is 4.65. The van der Waals surface area contributed by atoms with E-state index < -0.39 is 0 Å². The number of aryl methyl sites for hydroxylation is 1. The van der Waals surface area contributed by atoms with Gasteiger partial charge in [0.25, 0.3) is 0 Å². The van der Waals surface area contributed by atoms with Gasteiger partial charge in [0, 0.05) is 28.6 Å². The lowest BCUT2D eigenvalue weighted by Gasteiger charge is -2.22. The first-order chi connectivity index (χ1) is 14.5. The van der Waals surface area contributed by atoms with Crippen molar-refractivity contribution in [3.8, 4) is 11.1 Å². The molecular formula is C21H20BrN5O3. The standard InChI is InChI=1S/C20H20BrN5O.CO2/c1-11-7-13-8-14(9-23-20(13)27-11)15-10-24-26-18(22)16(21)17(25-19(15)26)12-5-3-2-4-6-12;2-1-3/h7-10,12H,2-6,22H2,1H3;. The van der Waals surface area contributed by atoms with Gasteiger partial charge in [0.15, 0.2) is 5.65 Å². The summed E-state index contributed by atoms with van der Waals surface area (Å²) in [5.74, 6) is 1.89. The molecule has 0 aromatic carbocycles. The highest BCUT2D eigenvalue weighted by Crippen LogP contribution is 2.39. The van der Waals surface area contributed by atoms with Crippen molar-refractivity contribution < 1.29 is 14.0 Å². The van der Waals surface area contributed by atoms with Crippen LogP contribution in [0, 0.1) is 6.92 Å². The second-order valence-electron chi connectivity index (χ2n) is 7.38. The van der Waals surface area contributed by atoms with Crippen LogP contribution in [-0.2, 0) is 9.59 Å². The topological polar surface area (TPSA) is 116 Å². The number of anilines is 1. The third-order valence-corrected chi connectivity index (χ3v) is 6.26. The lowest BCUT2D eigenvalue weighted by Crippen LogP contribution is -2.11. The second kappa shape index (κ2) is 8.38. The molecule has 0 saturated heterocycles. The number of carbonyl (C=O) groups excluding carboxylic acids is 2. The molecule has 0 atom stereocenters. The van der Waals surface area contributed by atoms with Crippen molar-refractivity contribution in [2.75, 3.05) is 5.73 Å². The molecule has 30 heavy (non-hydrogen) atoms. The zero-order chi connectivity index (χ0) is 21.3. The summed E-state index contributed by atoms with van der Waals surface area (Å²) in [6.45, 7) is 1.92. The summed E-state index contributed by atoms with van der Waals surface area (Å²) in [4.78, 5) is 25.7. The predicted molar refractivity (Wildman–Crippen MR) is 114 cm³/mol. The van der Waals surface area contributed by atoms with E-state index >= 15 is 0 Å². The summed E-state index contributed by atoms with van der Waals surface area (Å²) in [5, 5.41) is 5.45. The fourth-order valence-electron chi connectivity index (χ4n) is 4.07. The van der Waals surface area contributed by atoms with Gasteiger partial charge < -0.3 is 10.2 Å². The first kappa shape index (κ1) is 20.3. The Labute approximate surface area is 180 Å². The van der Waals surface area contributed by atoms with E-state index in [9.17, 15) is 0 Å². The summed E-state index contributed by atoms with van der Waals surface area (Å²) in [6, 6.07) is 4.05. The van der Waals surface area contributed by atoms with Gasteiger partial charge in [0.05, 0.1) is 16.4 Å². The molecule has 154 valence electrons. The molecular weight excluding hydrogens is 450 g/mol. The van der Waals surface area contributed by atoms with Crippen molar-refractivity contribution in [2.24, 2.45) is 0 Å². The number of rotatable bonds is 2. The highest BCUT2D eigenvalue weighted by molar-refractivity contribution is 9.10. The highest BCUT2D eigenvalue weighted by Gasteiger charge is 2.24. The number of halogens is 1. The third-order valence-electron chi connectivity index (χ3n) is 5.45. The highest BCUT2D eigenvalue weighted by atomic mass is 79.9. The fraction of sp³-hybridized carbons (Fsp3) is 0.333. The first-order valence-corrected chi connectivity index (χ1v) is 10.5. The summed E-state index contributed by atoms with van der Waals surface area (Å²) in [6.07, 6.45) is 9.99. The average Bonchev–Trinajstić information content (AvgIpc) is 3.33. The second-order valence-corrected chi connectivity index (χ2v) is 8.18. The van der Waals surface area contributed by atoms with Gasteiger partial charge in [-0.15, -0.1) is 0 Å². The Morgan fingerprint density at radius 1 is 1.20 bits per heavy atom. The number of hydrogen-bond acceptors (Lipinski definition) is 7. The Kier molecular flexibility index (Phi) is 5.65. The van der Waals surface area contributed by atoms with Crippen LogP contribution in [0.4, 0.5) is 5.82 Å². The molecule has 0 amide bonds. The predicted octanol–water partition coefficient (Wildman–Crippen LogP) is 4.65. The Morgan fingerprint density at radius 2 is 1.93 bits per heavy atom. The summed E-state index contributed by atoms with van der Waals surface area (Å²) in [7, 11) is 0. The van der Waals surface area contributed by atoms with Gasteiger partial charge >= 0.3 is 6.15 Å². The van der Waals surface area contributed by atoms with E-state index in [-0.39, 0.29) is 6.15 Å². The van der Waals surface area contributed by atoms with Gasteiger partial charge in [-0.3, -0.25) is 0 Å². The van der Waals surface area contributed by atoms with Gasteiger partial charge in [-0.05, 0) is 47.8 Å². The molecule has 1 aliphatic carbocycles. The van der Waals surface area contributed by atoms with E-state index in [1.807, 2.05) is 25.4 Å². The largest absolute Gasteiger partial charge is 0.443 e. The lowest BCUT2D eigenvalue weighted by atomic mass is 9.87. The molecule has 0 aliphatic heterocycles. The molecule has 0 radical (unpaired) electrons. The van der Waals surface area contributed by atoms with Crippen LogP contribution in [0.1, 0.15) is 49.5 Å². The van der Waals surface area contributed by atoms with Gasteiger partial charge in [0.2, 0.25) is 5.71 Å². The maximum atomic E-state index is 8.12. The molecule has 1 aliphatic rings. The van der Waals surface area contributed by atoms with Crippen molar-refractivity contribution in [1.29, 1.82) is 0 Å². The number of nitrogens with zero attached hydrogens (tertiary/aromatic N) is 4. The van der Waals surface area contributed by atoms with E-state index in [4.69, 9.17) is 24.7 Å². The average molecular weight is 470 g/mol. The number of nitrogens with two attached hydrogens (primary N) is 1. The maximum absolute atomic E-state index is 8.12. The monoisotopic (exact) mass is 469 g/mol. The molecule has 0 bridgehead atoms. The van der Waals surface area contributed by atoms with Crippen LogP contribution in [0.3, 0.4) is 0 Å². The maximum Gasteiger partial charge on any atom is 0.373 e. The van der Waals surface area contributed by atoms with Crippen molar-refractivity contribution in [3.05, 3.63) is 40.5 Å². The minimum absolute atomic E-state index is 0.250. The van der Waals surface area contributed by atoms with Crippen LogP contribution >= 0.6 is 15.9 Å². The van der Waals surface area contributed by atoms with Crippen molar-refractivity contribution >= 4 is 44.6 Å². The van der Waals surface area contributed by atoms with Crippen molar-refractivity contribution in [1.82, 2.24) is 19.6 Å². The Bertz CT molecular complexity index is 1250. The molecule has 4 heterocycles. The van der Waals surface area contributed by atoms with Crippen LogP contribution in [0.5, 0.6) is 0 Å². The Hall–Kier alpha value is -3.03. The van der Waals surface area contributed by atoms with E-state index in [1.54, 1.807) is 4.52 Å². The molecule has 8 nitrogen and oxygen atoms in total.